The normalized spacial score (nSPS) is 11.6. The summed E-state index contributed by atoms with van der Waals surface area (Å²) < 4.78 is 9.30. The van der Waals surface area contributed by atoms with E-state index in [9.17, 15) is 0 Å². The van der Waals surface area contributed by atoms with Crippen molar-refractivity contribution in [1.29, 1.82) is 0 Å². The van der Waals surface area contributed by atoms with Crippen LogP contribution in [-0.4, -0.2) is 0 Å². The van der Waals surface area contributed by atoms with Gasteiger partial charge in [0.15, 0.2) is 0 Å². The van der Waals surface area contributed by atoms with Crippen LogP contribution in [0.5, 0.6) is 0 Å². The second kappa shape index (κ2) is 16.2. The molecule has 0 bridgehead atoms. The van der Waals surface area contributed by atoms with E-state index in [4.69, 9.17) is 4.42 Å². The number of anilines is 3. The number of thiophene rings is 1. The van der Waals surface area contributed by atoms with E-state index in [-0.39, 0.29) is 0 Å². The van der Waals surface area contributed by atoms with Crippen molar-refractivity contribution in [1.82, 2.24) is 0 Å². The van der Waals surface area contributed by atoms with Crippen LogP contribution in [-0.2, 0) is 0 Å². The van der Waals surface area contributed by atoms with Gasteiger partial charge in [0, 0.05) is 31.2 Å². The first-order valence-corrected chi connectivity index (χ1v) is 23.6. The van der Waals surface area contributed by atoms with E-state index < -0.39 is 0 Å². The Morgan fingerprint density at radius 2 is 0.821 bits per heavy atom. The first-order valence-electron chi connectivity index (χ1n) is 22.8. The van der Waals surface area contributed by atoms with Crippen LogP contribution in [0.3, 0.4) is 0 Å². The number of hydrogen-bond donors (Lipinski definition) is 0. The van der Waals surface area contributed by atoms with Crippen LogP contribution in [0.4, 0.5) is 17.1 Å². The second-order valence-corrected chi connectivity index (χ2v) is 18.3. The molecule has 67 heavy (non-hydrogen) atoms. The molecule has 0 spiro atoms. The maximum Gasteiger partial charge on any atom is 0.137 e. The summed E-state index contributed by atoms with van der Waals surface area (Å²) in [6, 6.07) is 90.1. The van der Waals surface area contributed by atoms with E-state index in [2.05, 4.69) is 254 Å². The molecule has 0 saturated carbocycles. The molecule has 314 valence electrons. The van der Waals surface area contributed by atoms with Gasteiger partial charge < -0.3 is 9.32 Å². The topological polar surface area (TPSA) is 16.4 Å². The predicted molar refractivity (Wildman–Crippen MR) is 286 cm³/mol. The van der Waals surface area contributed by atoms with Crippen LogP contribution in [0.15, 0.2) is 253 Å². The van der Waals surface area contributed by atoms with Crippen LogP contribution in [0.2, 0.25) is 0 Å². The Hall–Kier alpha value is -8.50. The summed E-state index contributed by atoms with van der Waals surface area (Å²) in [7, 11) is 0. The van der Waals surface area contributed by atoms with Crippen LogP contribution in [0.25, 0.3) is 109 Å². The average Bonchev–Trinajstić information content (AvgIpc) is 3.98. The third-order valence-corrected chi connectivity index (χ3v) is 14.4. The fourth-order valence-electron chi connectivity index (χ4n) is 10.0. The molecule has 0 N–H and O–H groups in total. The summed E-state index contributed by atoms with van der Waals surface area (Å²) in [5, 5.41) is 7.06. The Balaban J connectivity index is 1.06. The number of benzene rings is 11. The fourth-order valence-corrected chi connectivity index (χ4v) is 11.3. The summed E-state index contributed by atoms with van der Waals surface area (Å²) in [5.74, 6) is 0. The molecule has 13 rings (SSSR count). The summed E-state index contributed by atoms with van der Waals surface area (Å²) >= 11 is 1.88. The Kier molecular flexibility index (Phi) is 9.40. The van der Waals surface area contributed by atoms with Crippen molar-refractivity contribution in [2.45, 2.75) is 0 Å². The van der Waals surface area contributed by atoms with Crippen molar-refractivity contribution in [2.24, 2.45) is 0 Å². The minimum atomic E-state index is 0.850. The number of rotatable bonds is 8. The minimum absolute atomic E-state index is 0.850. The molecule has 11 aromatic carbocycles. The fraction of sp³-hybridized carbons (Fsp3) is 0. The first-order chi connectivity index (χ1) is 33.2. The molecule has 0 aliphatic carbocycles. The molecular weight excluding hydrogens is 831 g/mol. The average molecular weight is 872 g/mol. The lowest BCUT2D eigenvalue weighted by atomic mass is 9.91. The smallest absolute Gasteiger partial charge is 0.137 e. The van der Waals surface area contributed by atoms with Crippen molar-refractivity contribution >= 4 is 81.3 Å². The summed E-state index contributed by atoms with van der Waals surface area (Å²) in [5.41, 5.74) is 16.8. The van der Waals surface area contributed by atoms with Gasteiger partial charge in [0.25, 0.3) is 0 Å². The van der Waals surface area contributed by atoms with Gasteiger partial charge in [0.1, 0.15) is 11.2 Å². The third kappa shape index (κ3) is 6.79. The lowest BCUT2D eigenvalue weighted by Gasteiger charge is -2.28. The van der Waals surface area contributed by atoms with Crippen LogP contribution >= 0.6 is 11.3 Å². The van der Waals surface area contributed by atoms with Crippen molar-refractivity contribution in [2.75, 3.05) is 4.90 Å². The van der Waals surface area contributed by atoms with E-state index >= 15 is 0 Å². The molecule has 2 heterocycles. The monoisotopic (exact) mass is 871 g/mol. The van der Waals surface area contributed by atoms with Gasteiger partial charge in [-0.25, -0.2) is 0 Å². The first kappa shape index (κ1) is 38.9. The molecule has 13 aromatic rings. The SMILES string of the molecule is c1ccc(-c2ccc3c(c2)oc2cccc(N(c4ccc(-c5cc6ccccc6cc5-c5ccccc5)cc4)c4ccc(-c5ccccc5)c5sc6cc(-c7ccccc7)ccc6c45)c23)cc1. The minimum Gasteiger partial charge on any atom is -0.456 e. The molecule has 0 saturated heterocycles. The highest BCUT2D eigenvalue weighted by atomic mass is 32.1. The lowest BCUT2D eigenvalue weighted by Crippen LogP contribution is -2.11. The van der Waals surface area contributed by atoms with Crippen LogP contribution < -0.4 is 4.90 Å². The molecule has 0 radical (unpaired) electrons. The molecule has 0 unspecified atom stereocenters. The number of furan rings is 1. The zero-order valence-corrected chi connectivity index (χ0v) is 37.3. The number of fused-ring (bicyclic) bond motifs is 7. The van der Waals surface area contributed by atoms with E-state index in [0.29, 0.717) is 0 Å². The van der Waals surface area contributed by atoms with Crippen molar-refractivity contribution in [3.05, 3.63) is 249 Å². The standard InChI is InChI=1S/C64H41NOS/c1-5-16-42(17-6-1)49-30-34-53-60(40-49)66-59-27-15-26-57(62(53)59)65(51-32-28-46(29-33-51)56-39-48-25-14-13-24-47(48)38-55(56)45-22-11-4-12-23-45)58-37-36-52(44-20-9-3-10-21-44)64-63(58)54-35-31-50(41-61(54)67-64)43-18-7-2-8-19-43/h1-41H. The molecule has 2 aromatic heterocycles. The van der Waals surface area contributed by atoms with Crippen molar-refractivity contribution in [3.63, 3.8) is 0 Å². The van der Waals surface area contributed by atoms with Gasteiger partial charge in [0.2, 0.25) is 0 Å². The molecular formula is C64H41NOS. The maximum atomic E-state index is 6.79. The number of nitrogens with zero attached hydrogens (tertiary/aromatic N) is 1. The molecule has 0 aliphatic heterocycles. The van der Waals surface area contributed by atoms with Gasteiger partial charge in [-0.1, -0.05) is 188 Å². The van der Waals surface area contributed by atoms with Gasteiger partial charge in [-0.05, 0) is 127 Å². The van der Waals surface area contributed by atoms with Crippen LogP contribution in [0, 0.1) is 0 Å². The highest BCUT2D eigenvalue weighted by Crippen LogP contribution is 2.51. The molecule has 3 heteroatoms. The largest absolute Gasteiger partial charge is 0.456 e. The van der Waals surface area contributed by atoms with Gasteiger partial charge in [0.05, 0.1) is 16.8 Å². The Bertz CT molecular complexity index is 3950. The summed E-state index contributed by atoms with van der Waals surface area (Å²) in [4.78, 5) is 2.47. The zero-order valence-electron chi connectivity index (χ0n) is 36.4. The molecule has 0 aliphatic rings. The lowest BCUT2D eigenvalue weighted by molar-refractivity contribution is 0.669. The van der Waals surface area contributed by atoms with Gasteiger partial charge in [-0.15, -0.1) is 11.3 Å². The summed E-state index contributed by atoms with van der Waals surface area (Å²) in [6.45, 7) is 0. The maximum absolute atomic E-state index is 6.79. The summed E-state index contributed by atoms with van der Waals surface area (Å²) in [6.07, 6.45) is 0. The van der Waals surface area contributed by atoms with E-state index in [1.165, 1.54) is 69.9 Å². The Morgan fingerprint density at radius 1 is 0.313 bits per heavy atom. The van der Waals surface area contributed by atoms with E-state index in [1.54, 1.807) is 0 Å². The van der Waals surface area contributed by atoms with Crippen molar-refractivity contribution in [3.8, 4) is 55.6 Å². The number of hydrogen-bond acceptors (Lipinski definition) is 3. The Labute approximate surface area is 392 Å². The molecule has 0 amide bonds. The quantitative estimate of drug-likeness (QED) is 0.151. The molecule has 2 nitrogen and oxygen atoms in total. The van der Waals surface area contributed by atoms with Gasteiger partial charge in [-0.3, -0.25) is 0 Å². The van der Waals surface area contributed by atoms with Gasteiger partial charge >= 0.3 is 0 Å². The van der Waals surface area contributed by atoms with E-state index in [0.717, 1.165) is 55.7 Å². The van der Waals surface area contributed by atoms with E-state index in [1.807, 2.05) is 11.3 Å². The molecule has 0 fully saturated rings. The zero-order chi connectivity index (χ0) is 44.3. The molecule has 0 atom stereocenters. The van der Waals surface area contributed by atoms with Crippen molar-refractivity contribution < 1.29 is 4.42 Å². The van der Waals surface area contributed by atoms with Gasteiger partial charge in [-0.2, -0.15) is 0 Å². The predicted octanol–water partition coefficient (Wildman–Crippen LogP) is 18.9. The highest BCUT2D eigenvalue weighted by molar-refractivity contribution is 7.26. The Morgan fingerprint density at radius 3 is 1.45 bits per heavy atom. The second-order valence-electron chi connectivity index (χ2n) is 17.2. The third-order valence-electron chi connectivity index (χ3n) is 13.3. The van der Waals surface area contributed by atoms with Crippen LogP contribution in [0.1, 0.15) is 0 Å². The highest BCUT2D eigenvalue weighted by Gasteiger charge is 2.25.